The van der Waals surface area contributed by atoms with Crippen molar-refractivity contribution in [2.75, 3.05) is 18.6 Å². The molecule has 1 atom stereocenters. The fourth-order valence-corrected chi connectivity index (χ4v) is 4.32. The number of ether oxygens (including phenoxy) is 1. The van der Waals surface area contributed by atoms with Crippen LogP contribution in [0, 0.1) is 0 Å². The maximum Gasteiger partial charge on any atom is 0.407 e. The number of aliphatic carboxylic acids is 1. The first kappa shape index (κ1) is 23.0. The topological polar surface area (TPSA) is 95.9 Å². The van der Waals surface area contributed by atoms with Crippen molar-refractivity contribution >= 4 is 23.7 Å². The number of alkyl carbamates (subject to hydrolysis) is 1. The van der Waals surface area contributed by atoms with Crippen LogP contribution in [-0.4, -0.2) is 42.8 Å². The Morgan fingerprint density at radius 1 is 0.912 bits per heavy atom. The molecule has 2 N–H and O–H groups in total. The number of benzene rings is 3. The molecule has 0 aromatic heterocycles. The van der Waals surface area contributed by atoms with Crippen LogP contribution in [0.3, 0.4) is 0 Å². The highest BCUT2D eigenvalue weighted by molar-refractivity contribution is 5.98. The van der Waals surface area contributed by atoms with Crippen molar-refractivity contribution in [2.45, 2.75) is 24.8 Å². The number of carboxylic acids is 1. The van der Waals surface area contributed by atoms with Crippen molar-refractivity contribution in [2.24, 2.45) is 0 Å². The molecule has 2 amide bonds. The molecule has 0 saturated carbocycles. The number of carbonyl (C=O) groups is 3. The smallest absolute Gasteiger partial charge is 0.407 e. The molecule has 174 valence electrons. The van der Waals surface area contributed by atoms with Gasteiger partial charge >= 0.3 is 12.1 Å². The molecule has 0 bridgehead atoms. The molecule has 0 saturated heterocycles. The van der Waals surface area contributed by atoms with Gasteiger partial charge in [-0.1, -0.05) is 66.7 Å². The lowest BCUT2D eigenvalue weighted by molar-refractivity contribution is -0.137. The van der Waals surface area contributed by atoms with Gasteiger partial charge in [-0.2, -0.15) is 0 Å². The van der Waals surface area contributed by atoms with Crippen LogP contribution >= 0.6 is 0 Å². The van der Waals surface area contributed by atoms with Crippen LogP contribution in [0.15, 0.2) is 78.9 Å². The number of hydrogen-bond acceptors (Lipinski definition) is 4. The van der Waals surface area contributed by atoms with E-state index in [2.05, 4.69) is 5.32 Å². The highest BCUT2D eigenvalue weighted by Gasteiger charge is 2.30. The number of hydrogen-bond donors (Lipinski definition) is 2. The highest BCUT2D eigenvalue weighted by atomic mass is 16.5. The van der Waals surface area contributed by atoms with Crippen LogP contribution in [0.4, 0.5) is 10.5 Å². The van der Waals surface area contributed by atoms with Crippen LogP contribution in [0.2, 0.25) is 0 Å². The second-order valence-corrected chi connectivity index (χ2v) is 8.19. The Kier molecular flexibility index (Phi) is 6.92. The van der Waals surface area contributed by atoms with Crippen molar-refractivity contribution in [1.82, 2.24) is 5.32 Å². The normalized spacial score (nSPS) is 12.9. The number of amides is 2. The number of carboxylic acid groups (broad SMARTS) is 1. The fourth-order valence-electron chi connectivity index (χ4n) is 4.32. The van der Waals surface area contributed by atoms with Crippen molar-refractivity contribution in [1.29, 1.82) is 0 Å². The largest absolute Gasteiger partial charge is 0.481 e. The number of para-hydroxylation sites is 1. The second-order valence-electron chi connectivity index (χ2n) is 8.19. The van der Waals surface area contributed by atoms with Gasteiger partial charge in [0.15, 0.2) is 0 Å². The average molecular weight is 459 g/mol. The molecule has 4 rings (SSSR count). The standard InChI is InChI=1S/C27H26N2O5/c1-29(18-9-3-2-4-10-18)26(32)24(15-16-25(30)31)28-27(33)34-17-23-21-13-7-5-11-19(21)20-12-6-8-14-22(20)23/h2-14,23-24H,15-17H2,1H3,(H,28,33)(H,30,31). The summed E-state index contributed by atoms with van der Waals surface area (Å²) in [6.45, 7) is 0.105. The minimum absolute atomic E-state index is 0.0461. The summed E-state index contributed by atoms with van der Waals surface area (Å²) in [7, 11) is 1.59. The molecule has 7 heteroatoms. The first-order valence-electron chi connectivity index (χ1n) is 11.1. The number of likely N-dealkylation sites (N-methyl/N-ethyl adjacent to an activating group) is 1. The number of anilines is 1. The number of nitrogens with one attached hydrogen (secondary N) is 1. The van der Waals surface area contributed by atoms with Crippen LogP contribution in [0.5, 0.6) is 0 Å². The molecule has 7 nitrogen and oxygen atoms in total. The van der Waals surface area contributed by atoms with Gasteiger partial charge in [0.25, 0.3) is 0 Å². The van der Waals surface area contributed by atoms with Gasteiger partial charge in [0.1, 0.15) is 12.6 Å². The van der Waals surface area contributed by atoms with Crippen LogP contribution in [0.25, 0.3) is 11.1 Å². The van der Waals surface area contributed by atoms with Crippen molar-refractivity contribution in [3.63, 3.8) is 0 Å². The quantitative estimate of drug-likeness (QED) is 0.521. The Morgan fingerprint density at radius 2 is 1.47 bits per heavy atom. The predicted molar refractivity (Wildman–Crippen MR) is 129 cm³/mol. The van der Waals surface area contributed by atoms with E-state index in [1.165, 1.54) is 4.90 Å². The molecule has 0 heterocycles. The molecular formula is C27H26N2O5. The van der Waals surface area contributed by atoms with Crippen molar-refractivity contribution in [3.8, 4) is 11.1 Å². The third-order valence-electron chi connectivity index (χ3n) is 6.05. The molecule has 3 aromatic rings. The fraction of sp³-hybridized carbons (Fsp3) is 0.222. The van der Waals surface area contributed by atoms with Crippen molar-refractivity contribution in [3.05, 3.63) is 90.0 Å². The first-order valence-corrected chi connectivity index (χ1v) is 11.1. The Balaban J connectivity index is 1.45. The Bertz CT molecular complexity index is 1150. The minimum atomic E-state index is -1.05. The van der Waals surface area contributed by atoms with E-state index < -0.39 is 24.0 Å². The van der Waals surface area contributed by atoms with E-state index in [-0.39, 0.29) is 25.4 Å². The summed E-state index contributed by atoms with van der Waals surface area (Å²) < 4.78 is 5.54. The average Bonchev–Trinajstić information content (AvgIpc) is 3.18. The summed E-state index contributed by atoms with van der Waals surface area (Å²) in [5.74, 6) is -1.58. The molecule has 3 aromatic carbocycles. The first-order chi connectivity index (χ1) is 16.5. The van der Waals surface area contributed by atoms with E-state index in [4.69, 9.17) is 9.84 Å². The summed E-state index contributed by atoms with van der Waals surface area (Å²) in [6, 6.07) is 23.9. The van der Waals surface area contributed by atoms with Gasteiger partial charge in [-0.15, -0.1) is 0 Å². The van der Waals surface area contributed by atoms with Crippen LogP contribution in [0.1, 0.15) is 29.9 Å². The lowest BCUT2D eigenvalue weighted by Gasteiger charge is -2.24. The zero-order valence-electron chi connectivity index (χ0n) is 18.8. The number of fused-ring (bicyclic) bond motifs is 3. The van der Waals surface area contributed by atoms with E-state index in [0.717, 1.165) is 22.3 Å². The third kappa shape index (κ3) is 4.93. The molecular weight excluding hydrogens is 432 g/mol. The summed E-state index contributed by atoms with van der Waals surface area (Å²) >= 11 is 0. The van der Waals surface area contributed by atoms with Crippen molar-refractivity contribution < 1.29 is 24.2 Å². The van der Waals surface area contributed by atoms with Gasteiger partial charge in [-0.3, -0.25) is 9.59 Å². The zero-order valence-corrected chi connectivity index (χ0v) is 18.8. The third-order valence-corrected chi connectivity index (χ3v) is 6.05. The van der Waals surface area contributed by atoms with Gasteiger partial charge < -0.3 is 20.1 Å². The van der Waals surface area contributed by atoms with Crippen LogP contribution < -0.4 is 10.2 Å². The Labute approximate surface area is 198 Å². The number of rotatable bonds is 8. The molecule has 34 heavy (non-hydrogen) atoms. The lowest BCUT2D eigenvalue weighted by atomic mass is 9.98. The van der Waals surface area contributed by atoms with Gasteiger partial charge in [-0.25, -0.2) is 4.79 Å². The van der Waals surface area contributed by atoms with E-state index in [1.807, 2.05) is 54.6 Å². The zero-order chi connectivity index (χ0) is 24.1. The molecule has 0 spiro atoms. The van der Waals surface area contributed by atoms with E-state index in [0.29, 0.717) is 5.69 Å². The SMILES string of the molecule is CN(C(=O)C(CCC(=O)O)NC(=O)OCC1c2ccccc2-c2ccccc21)c1ccccc1. The Hall–Kier alpha value is -4.13. The number of carbonyl (C=O) groups excluding carboxylic acids is 2. The van der Waals surface area contributed by atoms with E-state index in [1.54, 1.807) is 31.3 Å². The predicted octanol–water partition coefficient (Wildman–Crippen LogP) is 4.42. The number of nitrogens with zero attached hydrogens (tertiary/aromatic N) is 1. The molecule has 1 aliphatic rings. The van der Waals surface area contributed by atoms with Gasteiger partial charge in [-0.05, 0) is 40.8 Å². The van der Waals surface area contributed by atoms with Gasteiger partial charge in [0, 0.05) is 25.1 Å². The van der Waals surface area contributed by atoms with Gasteiger partial charge in [0.2, 0.25) is 5.91 Å². The summed E-state index contributed by atoms with van der Waals surface area (Å²) in [4.78, 5) is 38.2. The summed E-state index contributed by atoms with van der Waals surface area (Å²) in [5, 5.41) is 11.7. The summed E-state index contributed by atoms with van der Waals surface area (Å²) in [6.07, 6.45) is -1.06. The maximum absolute atomic E-state index is 13.0. The van der Waals surface area contributed by atoms with Gasteiger partial charge in [0.05, 0.1) is 0 Å². The maximum atomic E-state index is 13.0. The highest BCUT2D eigenvalue weighted by Crippen LogP contribution is 2.44. The molecule has 1 aliphatic carbocycles. The van der Waals surface area contributed by atoms with E-state index >= 15 is 0 Å². The summed E-state index contributed by atoms with van der Waals surface area (Å²) in [5.41, 5.74) is 5.04. The van der Waals surface area contributed by atoms with E-state index in [9.17, 15) is 14.4 Å². The monoisotopic (exact) mass is 458 g/mol. The van der Waals surface area contributed by atoms with Crippen LogP contribution in [-0.2, 0) is 14.3 Å². The molecule has 1 unspecified atom stereocenters. The molecule has 0 aliphatic heterocycles. The Morgan fingerprint density at radius 3 is 2.06 bits per heavy atom. The molecule has 0 fully saturated rings. The second kappa shape index (κ2) is 10.2. The molecule has 0 radical (unpaired) electrons. The minimum Gasteiger partial charge on any atom is -0.481 e. The lowest BCUT2D eigenvalue weighted by Crippen LogP contribution is -2.48.